The Kier molecular flexibility index (Phi) is 3.34. The van der Waals surface area contributed by atoms with Gasteiger partial charge in [-0.2, -0.15) is 13.2 Å². The van der Waals surface area contributed by atoms with Gasteiger partial charge >= 0.3 is 6.18 Å². The van der Waals surface area contributed by atoms with Gasteiger partial charge in [-0.15, -0.1) is 0 Å². The van der Waals surface area contributed by atoms with Crippen molar-refractivity contribution in [1.29, 1.82) is 0 Å². The van der Waals surface area contributed by atoms with Crippen LogP contribution in [0.25, 0.3) is 0 Å². The summed E-state index contributed by atoms with van der Waals surface area (Å²) in [7, 11) is 1.61. The van der Waals surface area contributed by atoms with E-state index in [1.165, 1.54) is 0 Å². The lowest BCUT2D eigenvalue weighted by molar-refractivity contribution is -0.137. The van der Waals surface area contributed by atoms with Gasteiger partial charge in [-0.05, 0) is 26.1 Å². The molecule has 0 heterocycles. The van der Waals surface area contributed by atoms with E-state index in [-0.39, 0.29) is 11.6 Å². The molecule has 1 N–H and O–H groups in total. The van der Waals surface area contributed by atoms with Crippen LogP contribution in [0.1, 0.15) is 24.1 Å². The Morgan fingerprint density at radius 3 is 2.27 bits per heavy atom. The zero-order valence-electron chi connectivity index (χ0n) is 8.32. The molecular weight excluding hydrogens is 210 g/mol. The molecule has 0 bridgehead atoms. The van der Waals surface area contributed by atoms with Crippen molar-refractivity contribution < 1.29 is 17.6 Å². The normalized spacial score (nSPS) is 14.0. The average Bonchev–Trinajstić information content (AvgIpc) is 2.15. The van der Waals surface area contributed by atoms with Gasteiger partial charge < -0.3 is 5.32 Å². The molecule has 0 aliphatic heterocycles. The van der Waals surface area contributed by atoms with E-state index in [0.717, 1.165) is 12.1 Å². The van der Waals surface area contributed by atoms with Crippen LogP contribution in [0.15, 0.2) is 18.2 Å². The van der Waals surface area contributed by atoms with E-state index in [1.54, 1.807) is 14.0 Å². The highest BCUT2D eigenvalue weighted by Crippen LogP contribution is 2.31. The number of benzene rings is 1. The summed E-state index contributed by atoms with van der Waals surface area (Å²) in [6.45, 7) is 1.67. The maximum Gasteiger partial charge on any atom is 0.416 e. The van der Waals surface area contributed by atoms with Gasteiger partial charge in [0.15, 0.2) is 0 Å². The van der Waals surface area contributed by atoms with E-state index in [2.05, 4.69) is 5.32 Å². The first-order valence-corrected chi connectivity index (χ1v) is 4.40. The molecule has 1 rings (SSSR count). The molecule has 1 atom stereocenters. The third-order valence-electron chi connectivity index (χ3n) is 2.23. The van der Waals surface area contributed by atoms with Crippen LogP contribution >= 0.6 is 0 Å². The van der Waals surface area contributed by atoms with Crippen molar-refractivity contribution in [2.24, 2.45) is 0 Å². The van der Waals surface area contributed by atoms with Crippen molar-refractivity contribution in [2.45, 2.75) is 19.1 Å². The lowest BCUT2D eigenvalue weighted by atomic mass is 10.1. The van der Waals surface area contributed by atoms with Gasteiger partial charge in [-0.1, -0.05) is 6.07 Å². The summed E-state index contributed by atoms with van der Waals surface area (Å²) in [4.78, 5) is 0. The van der Waals surface area contributed by atoms with Crippen molar-refractivity contribution in [3.8, 4) is 0 Å². The minimum absolute atomic E-state index is 0.227. The summed E-state index contributed by atoms with van der Waals surface area (Å²) >= 11 is 0. The predicted molar refractivity (Wildman–Crippen MR) is 48.9 cm³/mol. The van der Waals surface area contributed by atoms with Crippen LogP contribution in [0.3, 0.4) is 0 Å². The fraction of sp³-hybridized carbons (Fsp3) is 0.400. The molecule has 0 saturated carbocycles. The van der Waals surface area contributed by atoms with Crippen LogP contribution in [-0.4, -0.2) is 7.05 Å². The largest absolute Gasteiger partial charge is 0.416 e. The highest BCUT2D eigenvalue weighted by atomic mass is 19.4. The molecule has 1 aromatic rings. The Morgan fingerprint density at radius 1 is 1.27 bits per heavy atom. The number of alkyl halides is 3. The smallest absolute Gasteiger partial charge is 0.313 e. The quantitative estimate of drug-likeness (QED) is 0.756. The molecule has 0 aliphatic carbocycles. The van der Waals surface area contributed by atoms with Crippen LogP contribution in [0, 0.1) is 5.82 Å². The fourth-order valence-electron chi connectivity index (χ4n) is 1.21. The van der Waals surface area contributed by atoms with Crippen molar-refractivity contribution in [3.05, 3.63) is 35.1 Å². The molecule has 0 unspecified atom stereocenters. The maximum atomic E-state index is 13.3. The Bertz CT molecular complexity index is 346. The summed E-state index contributed by atoms with van der Waals surface area (Å²) in [6, 6.07) is 2.24. The Balaban J connectivity index is 3.09. The van der Waals surface area contributed by atoms with Gasteiger partial charge in [-0.25, -0.2) is 4.39 Å². The Morgan fingerprint density at radius 2 is 1.87 bits per heavy atom. The molecule has 0 aromatic heterocycles. The number of nitrogens with one attached hydrogen (secondary N) is 1. The third kappa shape index (κ3) is 2.68. The monoisotopic (exact) mass is 221 g/mol. The third-order valence-corrected chi connectivity index (χ3v) is 2.23. The Hall–Kier alpha value is -1.10. The maximum absolute atomic E-state index is 13.3. The lowest BCUT2D eigenvalue weighted by Gasteiger charge is -2.13. The van der Waals surface area contributed by atoms with Gasteiger partial charge in [0, 0.05) is 11.6 Å². The first-order valence-electron chi connectivity index (χ1n) is 4.40. The summed E-state index contributed by atoms with van der Waals surface area (Å²) in [5.41, 5.74) is -0.738. The van der Waals surface area contributed by atoms with Crippen molar-refractivity contribution >= 4 is 0 Å². The minimum Gasteiger partial charge on any atom is -0.313 e. The highest BCUT2D eigenvalue weighted by Gasteiger charge is 2.31. The van der Waals surface area contributed by atoms with E-state index < -0.39 is 17.6 Å². The van der Waals surface area contributed by atoms with Gasteiger partial charge in [-0.3, -0.25) is 0 Å². The Labute approximate surface area is 85.1 Å². The lowest BCUT2D eigenvalue weighted by Crippen LogP contribution is -2.15. The summed E-state index contributed by atoms with van der Waals surface area (Å²) < 4.78 is 49.9. The second-order valence-electron chi connectivity index (χ2n) is 3.24. The molecule has 0 amide bonds. The van der Waals surface area contributed by atoms with Crippen molar-refractivity contribution in [3.63, 3.8) is 0 Å². The SMILES string of the molecule is CN[C@@H](C)c1ccc(C(F)(F)F)cc1F. The zero-order valence-corrected chi connectivity index (χ0v) is 8.32. The van der Waals surface area contributed by atoms with Gasteiger partial charge in [0.1, 0.15) is 5.82 Å². The molecular formula is C10H11F4N. The summed E-state index contributed by atoms with van der Waals surface area (Å²) in [5, 5.41) is 2.76. The van der Waals surface area contributed by atoms with Crippen molar-refractivity contribution in [1.82, 2.24) is 5.32 Å². The molecule has 1 nitrogen and oxygen atoms in total. The van der Waals surface area contributed by atoms with Crippen LogP contribution in [0.2, 0.25) is 0 Å². The molecule has 84 valence electrons. The number of halogens is 4. The van der Waals surface area contributed by atoms with Gasteiger partial charge in [0.2, 0.25) is 0 Å². The highest BCUT2D eigenvalue weighted by molar-refractivity contribution is 5.28. The first-order chi connectivity index (χ1) is 6.86. The molecule has 0 radical (unpaired) electrons. The molecule has 1 aromatic carbocycles. The molecule has 0 spiro atoms. The van der Waals surface area contributed by atoms with Crippen LogP contribution in [-0.2, 0) is 6.18 Å². The summed E-state index contributed by atoms with van der Waals surface area (Å²) in [5.74, 6) is -0.841. The molecule has 0 fully saturated rings. The number of hydrogen-bond donors (Lipinski definition) is 1. The van der Waals surface area contributed by atoms with Gasteiger partial charge in [0.05, 0.1) is 5.56 Å². The van der Waals surface area contributed by atoms with E-state index in [1.807, 2.05) is 0 Å². The standard InChI is InChI=1S/C10H11F4N/c1-6(15-2)8-4-3-7(5-9(8)11)10(12,13)14/h3-6,15H,1-2H3/t6-/m0/s1. The van der Waals surface area contributed by atoms with Crippen molar-refractivity contribution in [2.75, 3.05) is 7.05 Å². The topological polar surface area (TPSA) is 12.0 Å². The van der Waals surface area contributed by atoms with Crippen LogP contribution in [0.4, 0.5) is 17.6 Å². The molecule has 5 heteroatoms. The minimum atomic E-state index is -4.50. The molecule has 15 heavy (non-hydrogen) atoms. The second-order valence-corrected chi connectivity index (χ2v) is 3.24. The number of hydrogen-bond acceptors (Lipinski definition) is 1. The number of rotatable bonds is 2. The van der Waals surface area contributed by atoms with Crippen LogP contribution < -0.4 is 5.32 Å². The van der Waals surface area contributed by atoms with E-state index in [9.17, 15) is 17.6 Å². The van der Waals surface area contributed by atoms with Crippen LogP contribution in [0.5, 0.6) is 0 Å². The van der Waals surface area contributed by atoms with E-state index in [0.29, 0.717) is 6.07 Å². The molecule has 0 saturated heterocycles. The first kappa shape index (κ1) is 12.0. The molecule has 0 aliphatic rings. The van der Waals surface area contributed by atoms with E-state index >= 15 is 0 Å². The second kappa shape index (κ2) is 4.18. The van der Waals surface area contributed by atoms with E-state index in [4.69, 9.17) is 0 Å². The zero-order chi connectivity index (χ0) is 11.6. The predicted octanol–water partition coefficient (Wildman–Crippen LogP) is 3.12. The summed E-state index contributed by atoms with van der Waals surface area (Å²) in [6.07, 6.45) is -4.50. The average molecular weight is 221 g/mol. The van der Waals surface area contributed by atoms with Gasteiger partial charge in [0.25, 0.3) is 0 Å². The fourth-order valence-corrected chi connectivity index (χ4v) is 1.21.